The van der Waals surface area contributed by atoms with Crippen LogP contribution in [-0.4, -0.2) is 35.6 Å². The lowest BCUT2D eigenvalue weighted by atomic mass is 10.1. The van der Waals surface area contributed by atoms with Crippen molar-refractivity contribution < 1.29 is 0 Å². The summed E-state index contributed by atoms with van der Waals surface area (Å²) in [6.07, 6.45) is 11.5. The van der Waals surface area contributed by atoms with E-state index in [1.54, 1.807) is 12.4 Å². The van der Waals surface area contributed by atoms with E-state index in [-0.39, 0.29) is 0 Å². The molecule has 4 aromatic rings. The molecule has 0 saturated heterocycles. The Kier molecular flexibility index (Phi) is 3.12. The van der Waals surface area contributed by atoms with Crippen molar-refractivity contribution in [1.82, 2.24) is 29.5 Å². The van der Waals surface area contributed by atoms with E-state index < -0.39 is 0 Å². The van der Waals surface area contributed by atoms with Crippen LogP contribution in [0.3, 0.4) is 0 Å². The van der Waals surface area contributed by atoms with Crippen molar-refractivity contribution >= 4 is 22.6 Å². The van der Waals surface area contributed by atoms with E-state index >= 15 is 0 Å². The lowest BCUT2D eigenvalue weighted by Gasteiger charge is -2.12. The van der Waals surface area contributed by atoms with E-state index in [2.05, 4.69) is 37.3 Å². The molecule has 1 N–H and O–H groups in total. The third kappa shape index (κ3) is 2.57. The van der Waals surface area contributed by atoms with E-state index in [4.69, 9.17) is 0 Å². The van der Waals surface area contributed by atoms with Crippen molar-refractivity contribution in [3.8, 4) is 11.1 Å². The molecule has 7 heteroatoms. The minimum atomic E-state index is 0.413. The zero-order valence-electron chi connectivity index (χ0n) is 13.8. The first-order valence-electron chi connectivity index (χ1n) is 8.46. The monoisotopic (exact) mass is 331 g/mol. The molecule has 124 valence electrons. The van der Waals surface area contributed by atoms with Crippen LogP contribution in [0.25, 0.3) is 27.8 Å². The lowest BCUT2D eigenvalue weighted by molar-refractivity contribution is 0.681. The van der Waals surface area contributed by atoms with Gasteiger partial charge in [-0.25, -0.2) is 19.5 Å². The lowest BCUT2D eigenvalue weighted by Crippen LogP contribution is -2.19. The van der Waals surface area contributed by atoms with Gasteiger partial charge in [0.25, 0.3) is 0 Å². The zero-order valence-corrected chi connectivity index (χ0v) is 13.8. The molecule has 1 saturated carbocycles. The van der Waals surface area contributed by atoms with Crippen LogP contribution in [0, 0.1) is 5.92 Å². The molecule has 4 heterocycles. The first kappa shape index (κ1) is 14.3. The molecule has 0 aliphatic heterocycles. The summed E-state index contributed by atoms with van der Waals surface area (Å²) in [5, 5.41) is 7.98. The maximum absolute atomic E-state index is 4.58. The summed E-state index contributed by atoms with van der Waals surface area (Å²) in [6.45, 7) is 2.19. The fourth-order valence-corrected chi connectivity index (χ4v) is 3.13. The maximum atomic E-state index is 4.58. The fourth-order valence-electron chi connectivity index (χ4n) is 3.13. The molecular formula is C18H17N7. The molecule has 0 bridgehead atoms. The van der Waals surface area contributed by atoms with Gasteiger partial charge in [-0.15, -0.1) is 5.10 Å². The van der Waals surface area contributed by atoms with Crippen LogP contribution >= 0.6 is 0 Å². The standard InChI is InChI=1S/C18H17N7/c1-11(12-2-3-12)23-18-22-10-16-14(4-7-25(16)24-18)13-8-15-17(21-9-13)20-6-5-19-15/h4-12H,2-3H2,1H3,(H,23,24)/t11-/m1/s1. The van der Waals surface area contributed by atoms with Gasteiger partial charge in [-0.3, -0.25) is 4.98 Å². The molecule has 1 aliphatic rings. The number of pyridine rings is 1. The maximum Gasteiger partial charge on any atom is 0.241 e. The van der Waals surface area contributed by atoms with Crippen LogP contribution in [0.15, 0.2) is 43.1 Å². The molecule has 0 unspecified atom stereocenters. The molecule has 0 radical (unpaired) electrons. The fraction of sp³-hybridized carbons (Fsp3) is 0.278. The van der Waals surface area contributed by atoms with Gasteiger partial charge in [0.1, 0.15) is 5.52 Å². The largest absolute Gasteiger partial charge is 0.350 e. The van der Waals surface area contributed by atoms with Gasteiger partial charge in [0.15, 0.2) is 5.65 Å². The Balaban J connectivity index is 1.52. The molecule has 7 nitrogen and oxygen atoms in total. The summed E-state index contributed by atoms with van der Waals surface area (Å²) in [7, 11) is 0. The second kappa shape index (κ2) is 5.47. The highest BCUT2D eigenvalue weighted by atomic mass is 15.3. The van der Waals surface area contributed by atoms with Crippen LogP contribution in [-0.2, 0) is 0 Å². The SMILES string of the molecule is C[C@@H](Nc1ncc2c(-c3cnc4nccnc4c3)ccn2n1)C1CC1. The Morgan fingerprint density at radius 3 is 2.88 bits per heavy atom. The molecule has 0 spiro atoms. The minimum Gasteiger partial charge on any atom is -0.350 e. The zero-order chi connectivity index (χ0) is 16.8. The summed E-state index contributed by atoms with van der Waals surface area (Å²) in [4.78, 5) is 17.4. The van der Waals surface area contributed by atoms with Crippen LogP contribution in [0.1, 0.15) is 19.8 Å². The predicted molar refractivity (Wildman–Crippen MR) is 95.1 cm³/mol. The quantitative estimate of drug-likeness (QED) is 0.619. The van der Waals surface area contributed by atoms with Crippen molar-refractivity contribution in [2.24, 2.45) is 5.92 Å². The van der Waals surface area contributed by atoms with Gasteiger partial charge >= 0.3 is 0 Å². The predicted octanol–water partition coefficient (Wildman–Crippen LogP) is 2.94. The average molecular weight is 331 g/mol. The first-order valence-corrected chi connectivity index (χ1v) is 8.46. The van der Waals surface area contributed by atoms with Crippen molar-refractivity contribution in [2.45, 2.75) is 25.8 Å². The first-order chi connectivity index (χ1) is 12.3. The topological polar surface area (TPSA) is 80.9 Å². The van der Waals surface area contributed by atoms with E-state index in [0.29, 0.717) is 17.6 Å². The van der Waals surface area contributed by atoms with Gasteiger partial charge in [-0.2, -0.15) is 0 Å². The molecule has 25 heavy (non-hydrogen) atoms. The molecule has 1 fully saturated rings. The Morgan fingerprint density at radius 2 is 2.00 bits per heavy atom. The highest BCUT2D eigenvalue weighted by Gasteiger charge is 2.28. The van der Waals surface area contributed by atoms with E-state index in [0.717, 1.165) is 28.1 Å². The van der Waals surface area contributed by atoms with Crippen LogP contribution in [0.4, 0.5) is 5.95 Å². The summed E-state index contributed by atoms with van der Waals surface area (Å²) >= 11 is 0. The van der Waals surface area contributed by atoms with E-state index in [9.17, 15) is 0 Å². The third-order valence-corrected chi connectivity index (χ3v) is 4.74. The molecule has 1 aliphatic carbocycles. The minimum absolute atomic E-state index is 0.413. The molecule has 0 aromatic carbocycles. The van der Waals surface area contributed by atoms with Crippen molar-refractivity contribution in [3.63, 3.8) is 0 Å². The summed E-state index contributed by atoms with van der Waals surface area (Å²) in [5.74, 6) is 1.42. The number of fused-ring (bicyclic) bond motifs is 2. The van der Waals surface area contributed by atoms with Crippen molar-refractivity contribution in [1.29, 1.82) is 0 Å². The molecule has 0 amide bonds. The second-order valence-corrected chi connectivity index (χ2v) is 6.53. The van der Waals surface area contributed by atoms with Crippen LogP contribution < -0.4 is 5.32 Å². The number of nitrogens with one attached hydrogen (secondary N) is 1. The number of hydrogen-bond donors (Lipinski definition) is 1. The number of anilines is 1. The van der Waals surface area contributed by atoms with Gasteiger partial charge in [-0.1, -0.05) is 0 Å². The number of rotatable bonds is 4. The number of aromatic nitrogens is 6. The van der Waals surface area contributed by atoms with Gasteiger partial charge < -0.3 is 5.32 Å². The highest BCUT2D eigenvalue weighted by molar-refractivity contribution is 5.84. The number of hydrogen-bond acceptors (Lipinski definition) is 6. The van der Waals surface area contributed by atoms with Crippen molar-refractivity contribution in [2.75, 3.05) is 5.32 Å². The van der Waals surface area contributed by atoms with Gasteiger partial charge in [0.05, 0.1) is 11.7 Å². The Hall–Kier alpha value is -3.09. The molecule has 4 aromatic heterocycles. The van der Waals surface area contributed by atoms with Crippen molar-refractivity contribution in [3.05, 3.63) is 43.1 Å². The van der Waals surface area contributed by atoms with Gasteiger partial charge in [0, 0.05) is 42.0 Å². The smallest absolute Gasteiger partial charge is 0.241 e. The Morgan fingerprint density at radius 1 is 1.12 bits per heavy atom. The summed E-state index contributed by atoms with van der Waals surface area (Å²) in [6, 6.07) is 4.43. The molecule has 1 atom stereocenters. The third-order valence-electron chi connectivity index (χ3n) is 4.74. The second-order valence-electron chi connectivity index (χ2n) is 6.53. The van der Waals surface area contributed by atoms with Crippen LogP contribution in [0.2, 0.25) is 0 Å². The average Bonchev–Trinajstić information content (AvgIpc) is 3.41. The molecular weight excluding hydrogens is 314 g/mol. The summed E-state index contributed by atoms with van der Waals surface area (Å²) in [5.41, 5.74) is 4.37. The van der Waals surface area contributed by atoms with Gasteiger partial charge in [-0.05, 0) is 37.8 Å². The number of nitrogens with zero attached hydrogens (tertiary/aromatic N) is 6. The summed E-state index contributed by atoms with van der Waals surface area (Å²) < 4.78 is 1.85. The van der Waals surface area contributed by atoms with E-state index in [1.807, 2.05) is 35.2 Å². The Labute approximate surface area is 144 Å². The normalized spacial score (nSPS) is 15.6. The molecule has 5 rings (SSSR count). The Bertz CT molecular complexity index is 1070. The highest BCUT2D eigenvalue weighted by Crippen LogP contribution is 2.33. The van der Waals surface area contributed by atoms with Crippen LogP contribution in [0.5, 0.6) is 0 Å². The van der Waals surface area contributed by atoms with E-state index in [1.165, 1.54) is 12.8 Å². The van der Waals surface area contributed by atoms with Gasteiger partial charge in [0.2, 0.25) is 5.95 Å².